The molecular weight excluding hydrogens is 428 g/mol. The maximum atomic E-state index is 13.0. The van der Waals surface area contributed by atoms with Crippen molar-refractivity contribution in [2.24, 2.45) is 0 Å². The van der Waals surface area contributed by atoms with Gasteiger partial charge in [0.1, 0.15) is 6.54 Å². The highest BCUT2D eigenvalue weighted by molar-refractivity contribution is 7.93. The van der Waals surface area contributed by atoms with Crippen LogP contribution in [-0.4, -0.2) is 30.8 Å². The van der Waals surface area contributed by atoms with Crippen LogP contribution in [0.4, 0.5) is 16.5 Å². The Labute approximate surface area is 173 Å². The SMILES string of the molecule is O=C(CN1c2cccc3cccc(c23)S1(=O)=O)Nc1nc2ccc([N+](=O)[O-])cc2s1. The largest absolute Gasteiger partial charge is 0.300 e. The summed E-state index contributed by atoms with van der Waals surface area (Å²) in [5, 5.41) is 15.1. The van der Waals surface area contributed by atoms with Gasteiger partial charge in [0.15, 0.2) is 5.13 Å². The van der Waals surface area contributed by atoms with Crippen molar-refractivity contribution < 1.29 is 18.1 Å². The minimum Gasteiger partial charge on any atom is -0.300 e. The van der Waals surface area contributed by atoms with E-state index in [-0.39, 0.29) is 15.7 Å². The smallest absolute Gasteiger partial charge is 0.270 e. The molecule has 0 aliphatic carbocycles. The van der Waals surface area contributed by atoms with E-state index in [1.54, 1.807) is 18.2 Å². The molecule has 0 bridgehead atoms. The maximum absolute atomic E-state index is 13.0. The first kappa shape index (κ1) is 18.5. The van der Waals surface area contributed by atoms with Crippen LogP contribution in [0.25, 0.3) is 21.0 Å². The maximum Gasteiger partial charge on any atom is 0.270 e. The molecule has 11 heteroatoms. The number of nitro benzene ring substituents is 1. The molecule has 0 unspecified atom stereocenters. The number of aromatic nitrogens is 1. The minimum absolute atomic E-state index is 0.0713. The van der Waals surface area contributed by atoms with Crippen LogP contribution in [0.15, 0.2) is 59.5 Å². The average molecular weight is 440 g/mol. The van der Waals surface area contributed by atoms with Gasteiger partial charge in [-0.3, -0.25) is 19.2 Å². The lowest BCUT2D eigenvalue weighted by Crippen LogP contribution is -2.35. The number of nitro groups is 1. The fourth-order valence-corrected chi connectivity index (χ4v) is 6.08. The molecule has 0 atom stereocenters. The number of anilines is 2. The Morgan fingerprint density at radius 2 is 1.93 bits per heavy atom. The molecule has 30 heavy (non-hydrogen) atoms. The third-order valence-corrected chi connectivity index (χ3v) is 7.53. The second-order valence-electron chi connectivity index (χ2n) is 6.62. The molecule has 1 amide bonds. The molecule has 1 aliphatic rings. The predicted molar refractivity (Wildman–Crippen MR) is 113 cm³/mol. The number of nitrogens with one attached hydrogen (secondary N) is 1. The van der Waals surface area contributed by atoms with Gasteiger partial charge in [-0.1, -0.05) is 35.6 Å². The lowest BCUT2D eigenvalue weighted by Gasteiger charge is -2.17. The van der Waals surface area contributed by atoms with Crippen molar-refractivity contribution >= 4 is 64.8 Å². The predicted octanol–water partition coefficient (Wildman–Crippen LogP) is 3.51. The molecule has 4 aromatic rings. The van der Waals surface area contributed by atoms with Crippen molar-refractivity contribution in [2.75, 3.05) is 16.2 Å². The van der Waals surface area contributed by atoms with E-state index < -0.39 is 27.4 Å². The fourth-order valence-electron chi connectivity index (χ4n) is 3.50. The van der Waals surface area contributed by atoms with Gasteiger partial charge in [0.05, 0.1) is 25.7 Å². The second-order valence-corrected chi connectivity index (χ2v) is 9.48. The normalized spacial score (nSPS) is 14.3. The van der Waals surface area contributed by atoms with Crippen LogP contribution in [0.2, 0.25) is 0 Å². The van der Waals surface area contributed by atoms with E-state index in [2.05, 4.69) is 10.3 Å². The van der Waals surface area contributed by atoms with Gasteiger partial charge in [0, 0.05) is 17.5 Å². The fraction of sp³-hybridized carbons (Fsp3) is 0.0526. The number of thiazole rings is 1. The molecule has 0 spiro atoms. The van der Waals surface area contributed by atoms with Gasteiger partial charge in [-0.2, -0.15) is 0 Å². The zero-order valence-electron chi connectivity index (χ0n) is 15.1. The van der Waals surface area contributed by atoms with E-state index in [4.69, 9.17) is 0 Å². The van der Waals surface area contributed by atoms with Gasteiger partial charge >= 0.3 is 0 Å². The number of benzene rings is 3. The quantitative estimate of drug-likeness (QED) is 0.383. The number of carbonyl (C=O) groups is 1. The van der Waals surface area contributed by atoms with E-state index in [1.807, 2.05) is 12.1 Å². The molecule has 0 saturated heterocycles. The van der Waals surface area contributed by atoms with Gasteiger partial charge in [0.25, 0.3) is 15.7 Å². The molecule has 2 heterocycles. The molecule has 5 rings (SSSR count). The van der Waals surface area contributed by atoms with Crippen LogP contribution in [0.1, 0.15) is 0 Å². The highest BCUT2D eigenvalue weighted by atomic mass is 32.2. The summed E-state index contributed by atoms with van der Waals surface area (Å²) < 4.78 is 27.6. The number of hydrogen-bond donors (Lipinski definition) is 1. The Hall–Kier alpha value is -3.57. The summed E-state index contributed by atoms with van der Waals surface area (Å²) in [5.74, 6) is -0.558. The number of nitrogens with zero attached hydrogens (tertiary/aromatic N) is 3. The highest BCUT2D eigenvalue weighted by Crippen LogP contribution is 2.41. The summed E-state index contributed by atoms with van der Waals surface area (Å²) in [6.45, 7) is -0.411. The number of rotatable bonds is 4. The molecule has 3 aromatic carbocycles. The van der Waals surface area contributed by atoms with Gasteiger partial charge in [-0.15, -0.1) is 0 Å². The minimum atomic E-state index is -3.85. The molecular formula is C19H12N4O5S2. The average Bonchev–Trinajstić information content (AvgIpc) is 3.20. The van der Waals surface area contributed by atoms with Crippen LogP contribution in [-0.2, 0) is 14.8 Å². The zero-order chi connectivity index (χ0) is 21.0. The second kappa shape index (κ2) is 6.47. The number of fused-ring (bicyclic) bond motifs is 1. The monoisotopic (exact) mass is 440 g/mol. The Balaban J connectivity index is 1.43. The van der Waals surface area contributed by atoms with Crippen molar-refractivity contribution in [3.05, 3.63) is 64.7 Å². The van der Waals surface area contributed by atoms with Gasteiger partial charge in [0.2, 0.25) is 5.91 Å². The number of hydrogen-bond acceptors (Lipinski definition) is 7. The lowest BCUT2D eigenvalue weighted by molar-refractivity contribution is -0.384. The van der Waals surface area contributed by atoms with Crippen LogP contribution in [0, 0.1) is 10.1 Å². The van der Waals surface area contributed by atoms with Gasteiger partial charge < -0.3 is 5.32 Å². The molecule has 150 valence electrons. The summed E-state index contributed by atoms with van der Waals surface area (Å²) >= 11 is 1.08. The van der Waals surface area contributed by atoms with Crippen LogP contribution in [0.5, 0.6) is 0 Å². The summed E-state index contributed by atoms with van der Waals surface area (Å²) in [6.07, 6.45) is 0. The van der Waals surface area contributed by atoms with Crippen LogP contribution < -0.4 is 9.62 Å². The van der Waals surface area contributed by atoms with E-state index in [0.29, 0.717) is 21.3 Å². The molecule has 0 radical (unpaired) electrons. The van der Waals surface area contributed by atoms with Crippen molar-refractivity contribution in [1.82, 2.24) is 4.98 Å². The molecule has 1 N–H and O–H groups in total. The number of amides is 1. The number of carbonyl (C=O) groups excluding carboxylic acids is 1. The van der Waals surface area contributed by atoms with Crippen molar-refractivity contribution in [2.45, 2.75) is 4.90 Å². The molecule has 1 aromatic heterocycles. The van der Waals surface area contributed by atoms with Gasteiger partial charge in [-0.25, -0.2) is 13.4 Å². The summed E-state index contributed by atoms with van der Waals surface area (Å²) in [4.78, 5) is 27.4. The van der Waals surface area contributed by atoms with Crippen LogP contribution >= 0.6 is 11.3 Å². The third-order valence-electron chi connectivity index (χ3n) is 4.80. The lowest BCUT2D eigenvalue weighted by atomic mass is 10.1. The first-order chi connectivity index (χ1) is 14.3. The zero-order valence-corrected chi connectivity index (χ0v) is 16.7. The van der Waals surface area contributed by atoms with E-state index in [0.717, 1.165) is 21.0 Å². The molecule has 9 nitrogen and oxygen atoms in total. The third kappa shape index (κ3) is 2.78. The molecule has 1 aliphatic heterocycles. The first-order valence-corrected chi connectivity index (χ1v) is 11.0. The Morgan fingerprint density at radius 3 is 2.70 bits per heavy atom. The van der Waals surface area contributed by atoms with Gasteiger partial charge in [-0.05, 0) is 23.6 Å². The highest BCUT2D eigenvalue weighted by Gasteiger charge is 2.36. The van der Waals surface area contributed by atoms with Crippen molar-refractivity contribution in [1.29, 1.82) is 0 Å². The van der Waals surface area contributed by atoms with E-state index in [1.165, 1.54) is 24.3 Å². The van der Waals surface area contributed by atoms with Crippen molar-refractivity contribution in [3.8, 4) is 0 Å². The molecule has 0 fully saturated rings. The summed E-state index contributed by atoms with van der Waals surface area (Å²) in [5.41, 5.74) is 0.892. The Morgan fingerprint density at radius 1 is 1.17 bits per heavy atom. The topological polar surface area (TPSA) is 123 Å². The van der Waals surface area contributed by atoms with E-state index in [9.17, 15) is 23.3 Å². The Bertz CT molecular complexity index is 1470. The molecule has 0 saturated carbocycles. The van der Waals surface area contributed by atoms with Crippen LogP contribution in [0.3, 0.4) is 0 Å². The standard InChI is InChI=1S/C19H12N4O5S2/c24-17(21-19-20-13-8-7-12(23(25)26)9-15(13)29-19)10-22-14-5-1-3-11-4-2-6-16(18(11)14)30(22,27)28/h1-9H,10H2,(H,20,21,24). The van der Waals surface area contributed by atoms with E-state index >= 15 is 0 Å². The Kier molecular flexibility index (Phi) is 3.98. The number of non-ortho nitro benzene ring substituents is 1. The summed E-state index contributed by atoms with van der Waals surface area (Å²) in [7, 11) is -3.85. The number of sulfonamides is 1. The first-order valence-electron chi connectivity index (χ1n) is 8.74. The van der Waals surface area contributed by atoms with Crippen molar-refractivity contribution in [3.63, 3.8) is 0 Å². The summed E-state index contributed by atoms with van der Waals surface area (Å²) in [6, 6.07) is 14.5.